The van der Waals surface area contributed by atoms with E-state index >= 15 is 0 Å². The lowest BCUT2D eigenvalue weighted by Gasteiger charge is -2.38. The molecule has 1 heteroatoms. The molecular weight excluding hydrogens is 254 g/mol. The number of hydrogen-bond acceptors (Lipinski definition) is 1. The van der Waals surface area contributed by atoms with Crippen molar-refractivity contribution in [3.05, 3.63) is 35.9 Å². The maximum absolute atomic E-state index is 3.84. The van der Waals surface area contributed by atoms with Crippen LogP contribution < -0.4 is 5.32 Å². The quantitative estimate of drug-likeness (QED) is 0.726. The van der Waals surface area contributed by atoms with Gasteiger partial charge in [-0.25, -0.2) is 0 Å². The van der Waals surface area contributed by atoms with Crippen LogP contribution in [0.25, 0.3) is 0 Å². The molecule has 1 saturated carbocycles. The first-order chi connectivity index (χ1) is 10.1. The Hall–Kier alpha value is -0.820. The summed E-state index contributed by atoms with van der Waals surface area (Å²) in [6.07, 6.45) is 9.34. The van der Waals surface area contributed by atoms with E-state index in [4.69, 9.17) is 0 Å². The largest absolute Gasteiger partial charge is 0.314 e. The zero-order valence-corrected chi connectivity index (χ0v) is 14.2. The first-order valence-electron chi connectivity index (χ1n) is 8.88. The second-order valence-corrected chi connectivity index (χ2v) is 7.59. The zero-order chi connectivity index (χ0) is 15.1. The van der Waals surface area contributed by atoms with E-state index in [9.17, 15) is 0 Å². The van der Waals surface area contributed by atoms with Crippen LogP contribution in [0.4, 0.5) is 0 Å². The molecular formula is C20H33N. The van der Waals surface area contributed by atoms with Crippen molar-refractivity contribution in [2.75, 3.05) is 6.54 Å². The molecule has 0 saturated heterocycles. The van der Waals surface area contributed by atoms with E-state index in [1.54, 1.807) is 0 Å². The second kappa shape index (κ2) is 7.98. The summed E-state index contributed by atoms with van der Waals surface area (Å²) in [5.74, 6) is 0.883. The van der Waals surface area contributed by atoms with Gasteiger partial charge in [-0.2, -0.15) is 0 Å². The number of aryl methyl sites for hydroxylation is 1. The van der Waals surface area contributed by atoms with Gasteiger partial charge in [0.05, 0.1) is 0 Å². The van der Waals surface area contributed by atoms with Gasteiger partial charge >= 0.3 is 0 Å². The monoisotopic (exact) mass is 287 g/mol. The third-order valence-corrected chi connectivity index (χ3v) is 5.20. The molecule has 0 radical (unpaired) electrons. The molecule has 1 atom stereocenters. The highest BCUT2D eigenvalue weighted by Gasteiger charge is 2.30. The number of benzene rings is 1. The van der Waals surface area contributed by atoms with Crippen molar-refractivity contribution < 1.29 is 0 Å². The molecule has 1 nitrogen and oxygen atoms in total. The van der Waals surface area contributed by atoms with Gasteiger partial charge in [-0.05, 0) is 68.4 Å². The fourth-order valence-corrected chi connectivity index (χ4v) is 3.62. The minimum Gasteiger partial charge on any atom is -0.314 e. The van der Waals surface area contributed by atoms with Crippen molar-refractivity contribution in [3.63, 3.8) is 0 Å². The van der Waals surface area contributed by atoms with E-state index in [1.165, 1.54) is 57.1 Å². The molecule has 0 aromatic heterocycles. The maximum Gasteiger partial charge on any atom is 0.00984 e. The van der Waals surface area contributed by atoms with E-state index < -0.39 is 0 Å². The molecule has 118 valence electrons. The lowest BCUT2D eigenvalue weighted by molar-refractivity contribution is 0.157. The molecule has 1 aromatic carbocycles. The predicted octanol–water partition coefficient (Wildman–Crippen LogP) is 5.20. The third-order valence-electron chi connectivity index (χ3n) is 5.20. The van der Waals surface area contributed by atoms with Crippen LogP contribution in [0.1, 0.15) is 64.9 Å². The molecule has 1 aliphatic carbocycles. The minimum absolute atomic E-state index is 0.575. The lowest BCUT2D eigenvalue weighted by Crippen LogP contribution is -2.40. The summed E-state index contributed by atoms with van der Waals surface area (Å²) in [5, 5.41) is 3.84. The van der Waals surface area contributed by atoms with Gasteiger partial charge in [-0.3, -0.25) is 0 Å². The van der Waals surface area contributed by atoms with Crippen LogP contribution in [0.15, 0.2) is 30.3 Å². The first kappa shape index (κ1) is 16.5. The summed E-state index contributed by atoms with van der Waals surface area (Å²) < 4.78 is 0. The Morgan fingerprint density at radius 3 is 2.43 bits per heavy atom. The fourth-order valence-electron chi connectivity index (χ4n) is 3.62. The Morgan fingerprint density at radius 1 is 1.14 bits per heavy atom. The van der Waals surface area contributed by atoms with Crippen molar-refractivity contribution in [2.24, 2.45) is 11.3 Å². The van der Waals surface area contributed by atoms with Gasteiger partial charge in [0.1, 0.15) is 0 Å². The van der Waals surface area contributed by atoms with E-state index in [-0.39, 0.29) is 0 Å². The molecule has 21 heavy (non-hydrogen) atoms. The summed E-state index contributed by atoms with van der Waals surface area (Å²) in [6, 6.07) is 11.7. The van der Waals surface area contributed by atoms with Crippen LogP contribution in [0.5, 0.6) is 0 Å². The highest BCUT2D eigenvalue weighted by atomic mass is 14.9. The van der Waals surface area contributed by atoms with Gasteiger partial charge in [0.2, 0.25) is 0 Å². The van der Waals surface area contributed by atoms with Gasteiger partial charge in [0.25, 0.3) is 0 Å². The molecule has 0 aliphatic heterocycles. The van der Waals surface area contributed by atoms with Crippen LogP contribution in [0.3, 0.4) is 0 Å². The highest BCUT2D eigenvalue weighted by Crippen LogP contribution is 2.39. The SMILES string of the molecule is CCCNC(CCc1ccccc1)C1CCC(C)(C)CC1. The summed E-state index contributed by atoms with van der Waals surface area (Å²) in [6.45, 7) is 8.30. The summed E-state index contributed by atoms with van der Waals surface area (Å²) in [5.41, 5.74) is 2.06. The molecule has 2 rings (SSSR count). The fraction of sp³-hybridized carbons (Fsp3) is 0.700. The summed E-state index contributed by atoms with van der Waals surface area (Å²) >= 11 is 0. The Bertz CT molecular complexity index is 386. The predicted molar refractivity (Wildman–Crippen MR) is 92.6 cm³/mol. The van der Waals surface area contributed by atoms with Gasteiger partial charge < -0.3 is 5.32 Å². The smallest absolute Gasteiger partial charge is 0.00984 e. The molecule has 1 unspecified atom stereocenters. The zero-order valence-electron chi connectivity index (χ0n) is 14.2. The average Bonchev–Trinajstić information content (AvgIpc) is 2.49. The molecule has 1 aliphatic rings. The van der Waals surface area contributed by atoms with Crippen molar-refractivity contribution >= 4 is 0 Å². The second-order valence-electron chi connectivity index (χ2n) is 7.59. The van der Waals surface area contributed by atoms with Crippen molar-refractivity contribution in [3.8, 4) is 0 Å². The van der Waals surface area contributed by atoms with Gasteiger partial charge in [-0.15, -0.1) is 0 Å². The standard InChI is InChI=1S/C20H33N/c1-4-16-21-19(11-10-17-8-6-5-7-9-17)18-12-14-20(2,3)15-13-18/h5-9,18-19,21H,4,10-16H2,1-3H3. The summed E-state index contributed by atoms with van der Waals surface area (Å²) in [4.78, 5) is 0. The molecule has 1 aromatic rings. The van der Waals surface area contributed by atoms with Crippen molar-refractivity contribution in [1.82, 2.24) is 5.32 Å². The first-order valence-corrected chi connectivity index (χ1v) is 8.88. The van der Waals surface area contributed by atoms with E-state index in [0.717, 1.165) is 5.92 Å². The van der Waals surface area contributed by atoms with E-state index in [1.807, 2.05) is 0 Å². The molecule has 0 amide bonds. The topological polar surface area (TPSA) is 12.0 Å². The number of hydrogen-bond donors (Lipinski definition) is 1. The van der Waals surface area contributed by atoms with Gasteiger partial charge in [0.15, 0.2) is 0 Å². The van der Waals surface area contributed by atoms with Crippen molar-refractivity contribution in [2.45, 2.75) is 71.8 Å². The normalized spacial score (nSPS) is 20.3. The minimum atomic E-state index is 0.575. The number of nitrogens with one attached hydrogen (secondary N) is 1. The van der Waals surface area contributed by atoms with Crippen LogP contribution in [0.2, 0.25) is 0 Å². The number of rotatable bonds is 7. The molecule has 0 bridgehead atoms. The Labute approximate surface area is 131 Å². The van der Waals surface area contributed by atoms with Gasteiger partial charge in [0, 0.05) is 6.04 Å². The van der Waals surface area contributed by atoms with E-state index in [0.29, 0.717) is 11.5 Å². The summed E-state index contributed by atoms with van der Waals surface area (Å²) in [7, 11) is 0. The van der Waals surface area contributed by atoms with Gasteiger partial charge in [-0.1, -0.05) is 51.1 Å². The Balaban J connectivity index is 1.88. The van der Waals surface area contributed by atoms with Crippen LogP contribution >= 0.6 is 0 Å². The molecule has 0 spiro atoms. The van der Waals surface area contributed by atoms with Crippen LogP contribution in [-0.2, 0) is 6.42 Å². The highest BCUT2D eigenvalue weighted by molar-refractivity contribution is 5.14. The Morgan fingerprint density at radius 2 is 1.81 bits per heavy atom. The molecule has 1 N–H and O–H groups in total. The van der Waals surface area contributed by atoms with Crippen LogP contribution in [0, 0.1) is 11.3 Å². The lowest BCUT2D eigenvalue weighted by atomic mass is 9.70. The molecule has 1 fully saturated rings. The van der Waals surface area contributed by atoms with Crippen molar-refractivity contribution in [1.29, 1.82) is 0 Å². The van der Waals surface area contributed by atoms with Crippen LogP contribution in [-0.4, -0.2) is 12.6 Å². The molecule has 0 heterocycles. The third kappa shape index (κ3) is 5.47. The Kier molecular flexibility index (Phi) is 6.29. The maximum atomic E-state index is 3.84. The van der Waals surface area contributed by atoms with E-state index in [2.05, 4.69) is 56.4 Å². The average molecular weight is 287 g/mol.